The topological polar surface area (TPSA) is 20.2 Å². The van der Waals surface area contributed by atoms with Crippen LogP contribution >= 0.6 is 0 Å². The molecule has 160 valence electrons. The largest absolute Gasteiger partial charge is 0.378 e. The van der Waals surface area contributed by atoms with Crippen molar-refractivity contribution < 1.29 is 5.11 Å². The van der Waals surface area contributed by atoms with Crippen molar-refractivity contribution in [1.29, 1.82) is 0 Å². The normalized spacial score (nSPS) is 14.6. The maximum absolute atomic E-state index is 10.8. The highest BCUT2D eigenvalue weighted by Crippen LogP contribution is 2.26. The fourth-order valence-electron chi connectivity index (χ4n) is 4.09. The molecular weight excluding hydrogens is 328 g/mol. The predicted molar refractivity (Wildman–Crippen MR) is 122 cm³/mol. The summed E-state index contributed by atoms with van der Waals surface area (Å²) in [6, 6.07) is 0. The standard InChI is InChI=1S/C26H50O/c1-5-8-10-12-14-16-18-20-22-25(4)24-26(27,7-3)23-21-19-17-15-13-11-9-6-2/h3,25,27H,5-6,8-24H2,1-2,4H3. The maximum atomic E-state index is 10.8. The summed E-state index contributed by atoms with van der Waals surface area (Å²) in [4.78, 5) is 0. The van der Waals surface area contributed by atoms with Crippen molar-refractivity contribution in [2.75, 3.05) is 0 Å². The summed E-state index contributed by atoms with van der Waals surface area (Å²) in [6.45, 7) is 6.79. The third-order valence-corrected chi connectivity index (χ3v) is 5.95. The van der Waals surface area contributed by atoms with E-state index >= 15 is 0 Å². The molecule has 27 heavy (non-hydrogen) atoms. The molecule has 1 nitrogen and oxygen atoms in total. The van der Waals surface area contributed by atoms with Crippen molar-refractivity contribution in [3.8, 4) is 12.3 Å². The van der Waals surface area contributed by atoms with Crippen molar-refractivity contribution in [2.24, 2.45) is 5.92 Å². The van der Waals surface area contributed by atoms with E-state index in [1.54, 1.807) is 0 Å². The highest BCUT2D eigenvalue weighted by Gasteiger charge is 2.25. The van der Waals surface area contributed by atoms with Gasteiger partial charge < -0.3 is 5.11 Å². The van der Waals surface area contributed by atoms with E-state index in [1.807, 2.05) is 0 Å². The molecule has 0 saturated carbocycles. The molecule has 0 bridgehead atoms. The van der Waals surface area contributed by atoms with Crippen molar-refractivity contribution in [3.05, 3.63) is 0 Å². The lowest BCUT2D eigenvalue weighted by Crippen LogP contribution is -2.29. The van der Waals surface area contributed by atoms with Crippen LogP contribution in [0.4, 0.5) is 0 Å². The van der Waals surface area contributed by atoms with Gasteiger partial charge in [0, 0.05) is 0 Å². The molecule has 1 heteroatoms. The third kappa shape index (κ3) is 17.4. The Hall–Kier alpha value is -0.480. The molecular formula is C26H50O. The molecule has 0 aliphatic heterocycles. The zero-order valence-corrected chi connectivity index (χ0v) is 19.0. The monoisotopic (exact) mass is 378 g/mol. The average molecular weight is 379 g/mol. The Labute approximate surface area is 172 Å². The number of unbranched alkanes of at least 4 members (excludes halogenated alkanes) is 14. The molecule has 2 atom stereocenters. The summed E-state index contributed by atoms with van der Waals surface area (Å²) in [5.74, 6) is 3.24. The van der Waals surface area contributed by atoms with Crippen LogP contribution in [-0.4, -0.2) is 10.7 Å². The van der Waals surface area contributed by atoms with Crippen molar-refractivity contribution in [1.82, 2.24) is 0 Å². The minimum Gasteiger partial charge on any atom is -0.378 e. The quantitative estimate of drug-likeness (QED) is 0.166. The lowest BCUT2D eigenvalue weighted by atomic mass is 9.85. The molecule has 0 spiro atoms. The molecule has 0 amide bonds. The van der Waals surface area contributed by atoms with Gasteiger partial charge in [-0.25, -0.2) is 0 Å². The smallest absolute Gasteiger partial charge is 0.125 e. The first-order valence-electron chi connectivity index (χ1n) is 12.3. The lowest BCUT2D eigenvalue weighted by Gasteiger charge is -2.26. The van der Waals surface area contributed by atoms with Crippen LogP contribution in [0, 0.1) is 18.3 Å². The zero-order valence-electron chi connectivity index (χ0n) is 19.0. The van der Waals surface area contributed by atoms with Gasteiger partial charge in [-0.3, -0.25) is 0 Å². The van der Waals surface area contributed by atoms with Gasteiger partial charge in [-0.15, -0.1) is 6.42 Å². The third-order valence-electron chi connectivity index (χ3n) is 5.95. The van der Waals surface area contributed by atoms with Gasteiger partial charge in [0.1, 0.15) is 5.60 Å². The summed E-state index contributed by atoms with van der Waals surface area (Å²) in [5, 5.41) is 10.8. The second-order valence-corrected chi connectivity index (χ2v) is 8.97. The first kappa shape index (κ1) is 26.5. The Morgan fingerprint density at radius 2 is 1.11 bits per heavy atom. The van der Waals surface area contributed by atoms with E-state index in [0.29, 0.717) is 5.92 Å². The first-order chi connectivity index (χ1) is 13.1. The van der Waals surface area contributed by atoms with Gasteiger partial charge in [0.25, 0.3) is 0 Å². The van der Waals surface area contributed by atoms with Crippen LogP contribution < -0.4 is 0 Å². The fourth-order valence-corrected chi connectivity index (χ4v) is 4.09. The molecule has 0 heterocycles. The van der Waals surface area contributed by atoms with Crippen molar-refractivity contribution >= 4 is 0 Å². The summed E-state index contributed by atoms with van der Waals surface area (Å²) in [6.07, 6.45) is 29.7. The van der Waals surface area contributed by atoms with E-state index in [-0.39, 0.29) is 0 Å². The highest BCUT2D eigenvalue weighted by atomic mass is 16.3. The van der Waals surface area contributed by atoms with E-state index in [0.717, 1.165) is 19.3 Å². The Kier molecular flexibility index (Phi) is 18.5. The van der Waals surface area contributed by atoms with Crippen LogP contribution in [0.15, 0.2) is 0 Å². The van der Waals surface area contributed by atoms with Crippen LogP contribution in [0.3, 0.4) is 0 Å². The van der Waals surface area contributed by atoms with Crippen LogP contribution in [0.5, 0.6) is 0 Å². The molecule has 0 aliphatic carbocycles. The van der Waals surface area contributed by atoms with Crippen molar-refractivity contribution in [3.63, 3.8) is 0 Å². The van der Waals surface area contributed by atoms with Gasteiger partial charge in [-0.1, -0.05) is 129 Å². The molecule has 2 unspecified atom stereocenters. The second kappa shape index (κ2) is 18.9. The Balaban J connectivity index is 3.71. The summed E-state index contributed by atoms with van der Waals surface area (Å²) in [5.41, 5.74) is -0.873. The van der Waals surface area contributed by atoms with E-state index in [9.17, 15) is 5.11 Å². The molecule has 1 N–H and O–H groups in total. The number of aliphatic hydroxyl groups is 1. The van der Waals surface area contributed by atoms with Crippen LogP contribution in [-0.2, 0) is 0 Å². The molecule has 0 aromatic carbocycles. The van der Waals surface area contributed by atoms with E-state index in [2.05, 4.69) is 26.7 Å². The molecule has 0 aliphatic rings. The number of hydrogen-bond acceptors (Lipinski definition) is 1. The molecule has 0 fully saturated rings. The van der Waals surface area contributed by atoms with Gasteiger partial charge in [-0.2, -0.15) is 0 Å². The minimum absolute atomic E-state index is 0.528. The predicted octanol–water partition coefficient (Wildman–Crippen LogP) is 8.44. The van der Waals surface area contributed by atoms with Crippen LogP contribution in [0.1, 0.15) is 143 Å². The summed E-state index contributed by atoms with van der Waals surface area (Å²) >= 11 is 0. The van der Waals surface area contributed by atoms with Crippen molar-refractivity contribution in [2.45, 2.75) is 148 Å². The Morgan fingerprint density at radius 1 is 0.704 bits per heavy atom. The Morgan fingerprint density at radius 3 is 1.56 bits per heavy atom. The molecule has 0 saturated heterocycles. The molecule has 0 aromatic rings. The van der Waals surface area contributed by atoms with E-state index in [4.69, 9.17) is 6.42 Å². The van der Waals surface area contributed by atoms with Crippen LogP contribution in [0.25, 0.3) is 0 Å². The highest BCUT2D eigenvalue weighted by molar-refractivity contribution is 5.07. The van der Waals surface area contributed by atoms with Gasteiger partial charge in [0.05, 0.1) is 0 Å². The van der Waals surface area contributed by atoms with E-state index in [1.165, 1.54) is 103 Å². The molecule has 0 rings (SSSR count). The zero-order chi connectivity index (χ0) is 20.2. The average Bonchev–Trinajstić information content (AvgIpc) is 2.66. The van der Waals surface area contributed by atoms with E-state index < -0.39 is 5.60 Å². The summed E-state index contributed by atoms with van der Waals surface area (Å²) in [7, 11) is 0. The molecule has 0 radical (unpaired) electrons. The second-order valence-electron chi connectivity index (χ2n) is 8.97. The number of terminal acetylenes is 1. The SMILES string of the molecule is C#CC(O)(CCCCCCCCCC)CC(C)CCCCCCCCCC. The van der Waals surface area contributed by atoms with Gasteiger partial charge in [-0.05, 0) is 25.2 Å². The fraction of sp³-hybridized carbons (Fsp3) is 0.923. The van der Waals surface area contributed by atoms with Gasteiger partial charge in [0.15, 0.2) is 0 Å². The maximum Gasteiger partial charge on any atom is 0.125 e. The Bertz CT molecular complexity index is 343. The molecule has 0 aromatic heterocycles. The minimum atomic E-state index is -0.873. The van der Waals surface area contributed by atoms with Gasteiger partial charge >= 0.3 is 0 Å². The number of rotatable bonds is 20. The van der Waals surface area contributed by atoms with Crippen LogP contribution in [0.2, 0.25) is 0 Å². The van der Waals surface area contributed by atoms with Gasteiger partial charge in [0.2, 0.25) is 0 Å². The summed E-state index contributed by atoms with van der Waals surface area (Å²) < 4.78 is 0. The lowest BCUT2D eigenvalue weighted by molar-refractivity contribution is 0.0621. The number of hydrogen-bond donors (Lipinski definition) is 1. The first-order valence-corrected chi connectivity index (χ1v) is 12.3.